The Balaban J connectivity index is 1.43. The molecular weight excluding hydrogens is 300 g/mol. The normalized spacial score (nSPS) is 19.0. The Morgan fingerprint density at radius 3 is 3.27 bits per heavy atom. The number of aryl methyl sites for hydroxylation is 1. The van der Waals surface area contributed by atoms with Gasteiger partial charge in [-0.15, -0.1) is 21.5 Å². The molecule has 8 heteroatoms. The summed E-state index contributed by atoms with van der Waals surface area (Å²) in [5.74, 6) is 2.26. The molecule has 0 aromatic carbocycles. The van der Waals surface area contributed by atoms with E-state index >= 15 is 0 Å². The highest BCUT2D eigenvalue weighted by molar-refractivity contribution is 7.13. The second-order valence-electron chi connectivity index (χ2n) is 5.41. The van der Waals surface area contributed by atoms with Gasteiger partial charge in [0.2, 0.25) is 5.89 Å². The minimum atomic E-state index is 0.0104. The summed E-state index contributed by atoms with van der Waals surface area (Å²) in [6.07, 6.45) is 3.59. The Morgan fingerprint density at radius 1 is 1.45 bits per heavy atom. The van der Waals surface area contributed by atoms with Crippen LogP contribution in [-0.4, -0.2) is 31.0 Å². The van der Waals surface area contributed by atoms with Crippen LogP contribution in [0.2, 0.25) is 0 Å². The molecule has 114 valence electrons. The summed E-state index contributed by atoms with van der Waals surface area (Å²) in [5, 5.41) is 18.1. The van der Waals surface area contributed by atoms with Gasteiger partial charge < -0.3 is 9.73 Å². The number of hydrogen-bond acceptors (Lipinski definition) is 7. The fourth-order valence-electron chi connectivity index (χ4n) is 2.71. The van der Waals surface area contributed by atoms with E-state index in [1.807, 2.05) is 29.1 Å². The molecular formula is C14H16N6OS. The van der Waals surface area contributed by atoms with Gasteiger partial charge in [-0.05, 0) is 24.8 Å². The number of fused-ring (bicyclic) bond motifs is 1. The molecule has 0 saturated carbocycles. The van der Waals surface area contributed by atoms with Crippen molar-refractivity contribution in [2.24, 2.45) is 0 Å². The Hall–Kier alpha value is -2.06. The smallest absolute Gasteiger partial charge is 0.257 e. The SMILES string of the molecule is C[C@@H](N[C@@H]1CCc2ncnn2C1)c1nnc(-c2cccs2)o1. The molecule has 3 aromatic rings. The Kier molecular flexibility index (Phi) is 3.47. The molecule has 1 N–H and O–H groups in total. The molecule has 0 radical (unpaired) electrons. The van der Waals surface area contributed by atoms with Gasteiger partial charge in [0, 0.05) is 12.5 Å². The number of hydrogen-bond donors (Lipinski definition) is 1. The summed E-state index contributed by atoms with van der Waals surface area (Å²) in [6, 6.07) is 4.30. The number of thiophene rings is 1. The first kappa shape index (κ1) is 13.6. The molecule has 2 atom stereocenters. The zero-order chi connectivity index (χ0) is 14.9. The maximum absolute atomic E-state index is 5.78. The highest BCUT2D eigenvalue weighted by atomic mass is 32.1. The van der Waals surface area contributed by atoms with E-state index in [-0.39, 0.29) is 6.04 Å². The van der Waals surface area contributed by atoms with Gasteiger partial charge >= 0.3 is 0 Å². The van der Waals surface area contributed by atoms with Crippen LogP contribution >= 0.6 is 11.3 Å². The topological polar surface area (TPSA) is 81.7 Å². The number of nitrogens with one attached hydrogen (secondary N) is 1. The third-order valence-corrected chi connectivity index (χ3v) is 4.69. The number of aromatic nitrogens is 5. The zero-order valence-electron chi connectivity index (χ0n) is 12.1. The van der Waals surface area contributed by atoms with Gasteiger partial charge in [-0.25, -0.2) is 9.67 Å². The minimum Gasteiger partial charge on any atom is -0.418 e. The van der Waals surface area contributed by atoms with E-state index in [0.29, 0.717) is 17.8 Å². The second-order valence-corrected chi connectivity index (χ2v) is 6.35. The van der Waals surface area contributed by atoms with Crippen LogP contribution in [0.4, 0.5) is 0 Å². The Morgan fingerprint density at radius 2 is 2.41 bits per heavy atom. The highest BCUT2D eigenvalue weighted by Crippen LogP contribution is 2.25. The molecule has 4 rings (SSSR count). The van der Waals surface area contributed by atoms with E-state index in [0.717, 1.165) is 30.1 Å². The van der Waals surface area contributed by atoms with Crippen LogP contribution in [0.15, 0.2) is 28.3 Å². The molecule has 4 heterocycles. The molecule has 0 fully saturated rings. The minimum absolute atomic E-state index is 0.0104. The largest absolute Gasteiger partial charge is 0.418 e. The Labute approximate surface area is 131 Å². The van der Waals surface area contributed by atoms with Crippen molar-refractivity contribution in [1.29, 1.82) is 0 Å². The van der Waals surface area contributed by atoms with Gasteiger partial charge in [0.15, 0.2) is 0 Å². The first-order valence-electron chi connectivity index (χ1n) is 7.29. The lowest BCUT2D eigenvalue weighted by molar-refractivity contribution is 0.310. The average Bonchev–Trinajstić information content (AvgIpc) is 3.26. The molecule has 0 spiro atoms. The van der Waals surface area contributed by atoms with Gasteiger partial charge in [-0.1, -0.05) is 6.07 Å². The van der Waals surface area contributed by atoms with Crippen molar-refractivity contribution in [1.82, 2.24) is 30.3 Å². The van der Waals surface area contributed by atoms with Gasteiger partial charge in [-0.3, -0.25) is 0 Å². The lowest BCUT2D eigenvalue weighted by Crippen LogP contribution is -2.39. The maximum Gasteiger partial charge on any atom is 0.257 e. The van der Waals surface area contributed by atoms with Crippen molar-refractivity contribution < 1.29 is 4.42 Å². The molecule has 7 nitrogen and oxygen atoms in total. The third kappa shape index (κ3) is 2.55. The molecule has 0 aliphatic carbocycles. The van der Waals surface area contributed by atoms with Crippen molar-refractivity contribution >= 4 is 11.3 Å². The van der Waals surface area contributed by atoms with Crippen molar-refractivity contribution in [2.75, 3.05) is 0 Å². The van der Waals surface area contributed by atoms with Crippen molar-refractivity contribution in [3.8, 4) is 10.8 Å². The van der Waals surface area contributed by atoms with Gasteiger partial charge in [-0.2, -0.15) is 5.10 Å². The molecule has 0 unspecified atom stereocenters. The van der Waals surface area contributed by atoms with E-state index in [4.69, 9.17) is 4.42 Å². The summed E-state index contributed by atoms with van der Waals surface area (Å²) >= 11 is 1.59. The third-order valence-electron chi connectivity index (χ3n) is 3.83. The second kappa shape index (κ2) is 5.62. The average molecular weight is 316 g/mol. The first-order valence-corrected chi connectivity index (χ1v) is 8.17. The van der Waals surface area contributed by atoms with Crippen LogP contribution in [0.25, 0.3) is 10.8 Å². The van der Waals surface area contributed by atoms with Crippen LogP contribution in [-0.2, 0) is 13.0 Å². The molecule has 22 heavy (non-hydrogen) atoms. The van der Waals surface area contributed by atoms with Gasteiger partial charge in [0.05, 0.1) is 17.5 Å². The van der Waals surface area contributed by atoms with Gasteiger partial charge in [0.1, 0.15) is 12.2 Å². The highest BCUT2D eigenvalue weighted by Gasteiger charge is 2.23. The summed E-state index contributed by atoms with van der Waals surface area (Å²) < 4.78 is 7.73. The summed E-state index contributed by atoms with van der Waals surface area (Å²) in [6.45, 7) is 2.87. The fourth-order valence-corrected chi connectivity index (χ4v) is 3.35. The van der Waals surface area contributed by atoms with E-state index < -0.39 is 0 Å². The summed E-state index contributed by atoms with van der Waals surface area (Å²) in [7, 11) is 0. The molecule has 0 saturated heterocycles. The molecule has 1 aliphatic rings. The van der Waals surface area contributed by atoms with E-state index in [9.17, 15) is 0 Å². The van der Waals surface area contributed by atoms with Crippen LogP contribution in [0.5, 0.6) is 0 Å². The van der Waals surface area contributed by atoms with Crippen molar-refractivity contribution in [3.05, 3.63) is 35.6 Å². The molecule has 0 amide bonds. The number of rotatable bonds is 4. The lowest BCUT2D eigenvalue weighted by Gasteiger charge is -2.25. The van der Waals surface area contributed by atoms with Crippen LogP contribution < -0.4 is 5.32 Å². The quantitative estimate of drug-likeness (QED) is 0.793. The van der Waals surface area contributed by atoms with Crippen LogP contribution in [0.3, 0.4) is 0 Å². The first-order chi connectivity index (χ1) is 10.8. The molecule has 3 aromatic heterocycles. The van der Waals surface area contributed by atoms with E-state index in [1.54, 1.807) is 17.7 Å². The van der Waals surface area contributed by atoms with E-state index in [1.165, 1.54) is 0 Å². The van der Waals surface area contributed by atoms with Crippen molar-refractivity contribution in [2.45, 2.75) is 38.4 Å². The summed E-state index contributed by atoms with van der Waals surface area (Å²) in [5.41, 5.74) is 0. The monoisotopic (exact) mass is 316 g/mol. The fraction of sp³-hybridized carbons (Fsp3) is 0.429. The zero-order valence-corrected chi connectivity index (χ0v) is 13.0. The van der Waals surface area contributed by atoms with Crippen molar-refractivity contribution in [3.63, 3.8) is 0 Å². The summed E-state index contributed by atoms with van der Waals surface area (Å²) in [4.78, 5) is 5.24. The standard InChI is InChI=1S/C14H16N6OS/c1-9(13-18-19-14(21-13)11-3-2-6-22-11)17-10-4-5-12-15-8-16-20(12)7-10/h2-3,6,8-10,17H,4-5,7H2,1H3/t9-,10-/m1/s1. The van der Waals surface area contributed by atoms with Crippen LogP contribution in [0, 0.1) is 0 Å². The predicted molar refractivity (Wildman–Crippen MR) is 81.3 cm³/mol. The predicted octanol–water partition coefficient (Wildman–Crippen LogP) is 2.06. The molecule has 1 aliphatic heterocycles. The molecule has 0 bridgehead atoms. The van der Waals surface area contributed by atoms with Gasteiger partial charge in [0.25, 0.3) is 5.89 Å². The Bertz CT molecular complexity index is 749. The lowest BCUT2D eigenvalue weighted by atomic mass is 10.1. The number of nitrogens with zero attached hydrogens (tertiary/aromatic N) is 5. The van der Waals surface area contributed by atoms with E-state index in [2.05, 4.69) is 25.6 Å². The maximum atomic E-state index is 5.78. The van der Waals surface area contributed by atoms with Crippen LogP contribution in [0.1, 0.15) is 31.1 Å².